The molecule has 0 radical (unpaired) electrons. The van der Waals surface area contributed by atoms with Crippen molar-refractivity contribution in [3.8, 4) is 0 Å². The summed E-state index contributed by atoms with van der Waals surface area (Å²) in [5.41, 5.74) is 3.25. The molecule has 2 nitrogen and oxygen atoms in total. The zero-order valence-electron chi connectivity index (χ0n) is 12.1. The van der Waals surface area contributed by atoms with Crippen molar-refractivity contribution in [1.82, 2.24) is 0 Å². The van der Waals surface area contributed by atoms with Crippen LogP contribution in [0.5, 0.6) is 0 Å². The molecule has 1 atom stereocenters. The topological polar surface area (TPSA) is 29.1 Å². The van der Waals surface area contributed by atoms with Gasteiger partial charge < -0.3 is 5.32 Å². The molecule has 3 aromatic rings. The van der Waals surface area contributed by atoms with Gasteiger partial charge in [-0.3, -0.25) is 4.79 Å². The van der Waals surface area contributed by atoms with E-state index in [1.807, 2.05) is 24.3 Å². The molecule has 0 fully saturated rings. The number of amides is 1. The number of hydrogen-bond donors (Lipinski definition) is 1. The number of halogens is 2. The molecule has 1 N–H and O–H groups in total. The number of hydrogen-bond acceptors (Lipinski definition) is 1. The minimum absolute atomic E-state index is 0.0648. The van der Waals surface area contributed by atoms with Gasteiger partial charge >= 0.3 is 0 Å². The smallest absolute Gasteiger partial charge is 0.225 e. The molecule has 0 aromatic heterocycles. The Hall–Kier alpha value is -1.65. The first-order valence-corrected chi connectivity index (χ1v) is 8.98. The summed E-state index contributed by atoms with van der Waals surface area (Å²) in [7, 11) is 0. The molecular formula is C19H13Br2NO. The molecule has 1 heterocycles. The fraction of sp³-hybridized carbons (Fsp3) is 0.105. The van der Waals surface area contributed by atoms with Gasteiger partial charge in [-0.1, -0.05) is 68.3 Å². The summed E-state index contributed by atoms with van der Waals surface area (Å²) >= 11 is 7.21. The minimum Gasteiger partial charge on any atom is -0.325 e. The summed E-state index contributed by atoms with van der Waals surface area (Å²) in [5.74, 6) is 0.132. The Morgan fingerprint density at radius 1 is 0.957 bits per heavy atom. The Morgan fingerprint density at radius 2 is 1.74 bits per heavy atom. The first-order valence-electron chi connectivity index (χ1n) is 7.40. The first kappa shape index (κ1) is 14.9. The summed E-state index contributed by atoms with van der Waals surface area (Å²) < 4.78 is 2.09. The number of carbonyl (C=O) groups is 1. The van der Waals surface area contributed by atoms with E-state index < -0.39 is 0 Å². The summed E-state index contributed by atoms with van der Waals surface area (Å²) in [6, 6.07) is 18.5. The monoisotopic (exact) mass is 429 g/mol. The molecule has 3 aromatic carbocycles. The van der Waals surface area contributed by atoms with Crippen LogP contribution in [0.25, 0.3) is 10.8 Å². The lowest BCUT2D eigenvalue weighted by molar-refractivity contribution is -0.116. The van der Waals surface area contributed by atoms with Crippen molar-refractivity contribution in [3.63, 3.8) is 0 Å². The highest BCUT2D eigenvalue weighted by Crippen LogP contribution is 2.43. The van der Waals surface area contributed by atoms with Gasteiger partial charge in [-0.05, 0) is 34.7 Å². The van der Waals surface area contributed by atoms with Crippen LogP contribution in [0, 0.1) is 0 Å². The number of carbonyl (C=O) groups excluding carboxylic acids is 1. The average Bonchev–Trinajstić information content (AvgIpc) is 2.55. The fourth-order valence-corrected chi connectivity index (χ4v) is 4.28. The minimum atomic E-state index is 0.0648. The lowest BCUT2D eigenvalue weighted by Gasteiger charge is -2.28. The van der Waals surface area contributed by atoms with Gasteiger partial charge in [-0.2, -0.15) is 0 Å². The van der Waals surface area contributed by atoms with Crippen LogP contribution in [0.2, 0.25) is 0 Å². The van der Waals surface area contributed by atoms with Crippen molar-refractivity contribution in [3.05, 3.63) is 74.7 Å². The van der Waals surface area contributed by atoms with Crippen molar-refractivity contribution in [1.29, 1.82) is 0 Å². The Labute approximate surface area is 151 Å². The molecule has 1 aliphatic rings. The number of fused-ring (bicyclic) bond motifs is 3. The van der Waals surface area contributed by atoms with Crippen LogP contribution in [0.15, 0.2) is 63.5 Å². The molecule has 0 bridgehead atoms. The lowest BCUT2D eigenvalue weighted by Crippen LogP contribution is -2.23. The van der Waals surface area contributed by atoms with Crippen molar-refractivity contribution < 1.29 is 4.79 Å². The molecule has 0 saturated heterocycles. The van der Waals surface area contributed by atoms with E-state index in [2.05, 4.69) is 67.5 Å². The molecule has 1 amide bonds. The van der Waals surface area contributed by atoms with Crippen LogP contribution < -0.4 is 5.32 Å². The maximum atomic E-state index is 12.3. The van der Waals surface area contributed by atoms with E-state index >= 15 is 0 Å². The summed E-state index contributed by atoms with van der Waals surface area (Å²) in [6.07, 6.45) is 0.467. The van der Waals surface area contributed by atoms with Gasteiger partial charge in [0, 0.05) is 26.7 Å². The van der Waals surface area contributed by atoms with E-state index in [1.165, 1.54) is 0 Å². The van der Waals surface area contributed by atoms with Crippen LogP contribution in [-0.4, -0.2) is 5.91 Å². The predicted molar refractivity (Wildman–Crippen MR) is 101 cm³/mol. The quantitative estimate of drug-likeness (QED) is 0.516. The van der Waals surface area contributed by atoms with Crippen molar-refractivity contribution >= 4 is 54.2 Å². The highest BCUT2D eigenvalue weighted by Gasteiger charge is 2.28. The Bertz CT molecular complexity index is 936. The highest BCUT2D eigenvalue weighted by molar-refractivity contribution is 9.11. The second-order valence-corrected chi connectivity index (χ2v) is 7.50. The lowest BCUT2D eigenvalue weighted by atomic mass is 9.83. The van der Waals surface area contributed by atoms with E-state index in [1.54, 1.807) is 0 Å². The molecule has 0 saturated carbocycles. The van der Waals surface area contributed by atoms with Crippen molar-refractivity contribution in [2.75, 3.05) is 5.32 Å². The largest absolute Gasteiger partial charge is 0.325 e. The third-order valence-electron chi connectivity index (χ3n) is 4.31. The summed E-state index contributed by atoms with van der Waals surface area (Å²) in [5, 5.41) is 5.26. The van der Waals surface area contributed by atoms with Crippen LogP contribution in [0.4, 0.5) is 5.69 Å². The fourth-order valence-electron chi connectivity index (χ4n) is 3.27. The maximum Gasteiger partial charge on any atom is 0.225 e. The van der Waals surface area contributed by atoms with Gasteiger partial charge in [0.1, 0.15) is 0 Å². The Balaban J connectivity index is 1.99. The zero-order chi connectivity index (χ0) is 16.0. The number of rotatable bonds is 1. The molecule has 4 rings (SSSR count). The third kappa shape index (κ3) is 2.60. The molecular weight excluding hydrogens is 418 g/mol. The summed E-state index contributed by atoms with van der Waals surface area (Å²) in [4.78, 5) is 12.3. The average molecular weight is 431 g/mol. The second-order valence-electron chi connectivity index (χ2n) is 5.73. The summed E-state index contributed by atoms with van der Waals surface area (Å²) in [6.45, 7) is 0. The van der Waals surface area contributed by atoms with Gasteiger partial charge in [0.25, 0.3) is 0 Å². The van der Waals surface area contributed by atoms with Crippen molar-refractivity contribution in [2.45, 2.75) is 12.3 Å². The number of anilines is 1. The van der Waals surface area contributed by atoms with Crippen LogP contribution in [0.1, 0.15) is 23.5 Å². The Morgan fingerprint density at radius 3 is 2.52 bits per heavy atom. The molecule has 23 heavy (non-hydrogen) atoms. The van der Waals surface area contributed by atoms with Crippen LogP contribution in [0.3, 0.4) is 0 Å². The van der Waals surface area contributed by atoms with Gasteiger partial charge in [-0.15, -0.1) is 0 Å². The second kappa shape index (κ2) is 5.77. The maximum absolute atomic E-state index is 12.3. The Kier molecular flexibility index (Phi) is 3.74. The molecule has 0 spiro atoms. The van der Waals surface area contributed by atoms with E-state index in [-0.39, 0.29) is 11.8 Å². The predicted octanol–water partition coefficient (Wildman–Crippen LogP) is 5.84. The highest BCUT2D eigenvalue weighted by atomic mass is 79.9. The molecule has 114 valence electrons. The standard InChI is InChI=1S/C19H13Br2NO/c20-12-5-3-4-11(8-12)15-10-18(23)22-19-14-7-2-1-6-13(14)17(21)9-16(15)19/h1-9,15H,10H2,(H,22,23). The van der Waals surface area contributed by atoms with Gasteiger partial charge in [0.15, 0.2) is 0 Å². The normalized spacial score (nSPS) is 17.0. The first-order chi connectivity index (χ1) is 11.1. The number of benzene rings is 3. The molecule has 1 aliphatic heterocycles. The third-order valence-corrected chi connectivity index (χ3v) is 5.45. The van der Waals surface area contributed by atoms with E-state index in [9.17, 15) is 4.79 Å². The van der Waals surface area contributed by atoms with Crippen LogP contribution in [-0.2, 0) is 4.79 Å². The van der Waals surface area contributed by atoms with E-state index in [0.717, 1.165) is 36.5 Å². The number of nitrogens with one attached hydrogen (secondary N) is 1. The SMILES string of the molecule is O=C1CC(c2cccc(Br)c2)c2cc(Br)c3ccccc3c2N1. The molecule has 1 unspecified atom stereocenters. The molecule has 0 aliphatic carbocycles. The zero-order valence-corrected chi connectivity index (χ0v) is 15.3. The van der Waals surface area contributed by atoms with E-state index in [4.69, 9.17) is 0 Å². The van der Waals surface area contributed by atoms with Gasteiger partial charge in [0.05, 0.1) is 5.69 Å². The van der Waals surface area contributed by atoms with Crippen molar-refractivity contribution in [2.24, 2.45) is 0 Å². The van der Waals surface area contributed by atoms with Crippen LogP contribution >= 0.6 is 31.9 Å². The van der Waals surface area contributed by atoms with Gasteiger partial charge in [-0.25, -0.2) is 0 Å². The van der Waals surface area contributed by atoms with E-state index in [0.29, 0.717) is 6.42 Å². The van der Waals surface area contributed by atoms with Gasteiger partial charge in [0.2, 0.25) is 5.91 Å². The molecule has 4 heteroatoms.